The van der Waals surface area contributed by atoms with Gasteiger partial charge in [0, 0.05) is 19.2 Å². The van der Waals surface area contributed by atoms with E-state index >= 15 is 0 Å². The van der Waals surface area contributed by atoms with Crippen LogP contribution in [0.2, 0.25) is 0 Å². The Morgan fingerprint density at radius 2 is 2.18 bits per heavy atom. The van der Waals surface area contributed by atoms with Crippen molar-refractivity contribution in [1.82, 2.24) is 14.5 Å². The summed E-state index contributed by atoms with van der Waals surface area (Å²) in [6.07, 6.45) is 2.37. The minimum Gasteiger partial charge on any atom is -0.377 e. The van der Waals surface area contributed by atoms with Crippen molar-refractivity contribution in [3.63, 3.8) is 0 Å². The van der Waals surface area contributed by atoms with Crippen LogP contribution >= 0.6 is 0 Å². The summed E-state index contributed by atoms with van der Waals surface area (Å²) in [4.78, 5) is 29.2. The topological polar surface area (TPSA) is 67.3 Å². The molecule has 2 aliphatic rings. The first-order valence-corrected chi connectivity index (χ1v) is 7.72. The first-order valence-electron chi connectivity index (χ1n) is 7.72. The number of hydrogen-bond acceptors (Lipinski definition) is 3. The molecule has 1 amide bonds. The maximum atomic E-state index is 12.8. The fourth-order valence-corrected chi connectivity index (χ4v) is 3.28. The number of imidazole rings is 1. The molecule has 6 heteroatoms. The van der Waals surface area contributed by atoms with E-state index in [1.807, 2.05) is 11.0 Å². The van der Waals surface area contributed by atoms with Crippen molar-refractivity contribution in [3.8, 4) is 0 Å². The number of aromatic nitrogens is 2. The Bertz CT molecular complexity index is 788. The van der Waals surface area contributed by atoms with E-state index in [0.29, 0.717) is 36.8 Å². The van der Waals surface area contributed by atoms with Crippen LogP contribution in [-0.4, -0.2) is 46.2 Å². The number of amides is 1. The van der Waals surface area contributed by atoms with Crippen molar-refractivity contribution in [2.24, 2.45) is 13.0 Å². The molecule has 1 N–H and O–H groups in total. The fourth-order valence-electron chi connectivity index (χ4n) is 3.28. The number of rotatable bonds is 2. The number of fused-ring (bicyclic) bond motifs is 1. The number of nitrogens with one attached hydrogen (secondary N) is 1. The first kappa shape index (κ1) is 13.6. The van der Waals surface area contributed by atoms with Gasteiger partial charge in [-0.15, -0.1) is 0 Å². The minimum atomic E-state index is -0.165. The SMILES string of the molecule is Cn1c(=O)[nH]c2cc(C(=O)N3CCOCC3C3CC3)ccc21. The van der Waals surface area contributed by atoms with E-state index in [1.165, 1.54) is 12.8 Å². The lowest BCUT2D eigenvalue weighted by atomic mass is 10.1. The maximum Gasteiger partial charge on any atom is 0.326 e. The average molecular weight is 301 g/mol. The lowest BCUT2D eigenvalue weighted by Crippen LogP contribution is -2.49. The second-order valence-corrected chi connectivity index (χ2v) is 6.20. The molecule has 4 rings (SSSR count). The number of morpholine rings is 1. The normalized spacial score (nSPS) is 22.2. The Morgan fingerprint density at radius 1 is 1.36 bits per heavy atom. The predicted octanol–water partition coefficient (Wildman–Crippen LogP) is 1.12. The molecule has 0 spiro atoms. The number of benzene rings is 1. The molecule has 2 aromatic rings. The largest absolute Gasteiger partial charge is 0.377 e. The highest BCUT2D eigenvalue weighted by atomic mass is 16.5. The summed E-state index contributed by atoms with van der Waals surface area (Å²) in [6, 6.07) is 5.61. The van der Waals surface area contributed by atoms with Gasteiger partial charge in [0.2, 0.25) is 0 Å². The van der Waals surface area contributed by atoms with E-state index in [-0.39, 0.29) is 17.6 Å². The van der Waals surface area contributed by atoms with Gasteiger partial charge in [0.1, 0.15) is 0 Å². The van der Waals surface area contributed by atoms with Crippen LogP contribution in [0.1, 0.15) is 23.2 Å². The Hall–Kier alpha value is -2.08. The quantitative estimate of drug-likeness (QED) is 0.904. The van der Waals surface area contributed by atoms with Crippen LogP contribution in [0.4, 0.5) is 0 Å². The molecule has 1 unspecified atom stereocenters. The summed E-state index contributed by atoms with van der Waals surface area (Å²) >= 11 is 0. The molecular formula is C16H19N3O3. The van der Waals surface area contributed by atoms with Gasteiger partial charge in [-0.2, -0.15) is 0 Å². The fraction of sp³-hybridized carbons (Fsp3) is 0.500. The van der Waals surface area contributed by atoms with Gasteiger partial charge in [0.25, 0.3) is 5.91 Å². The van der Waals surface area contributed by atoms with Crippen molar-refractivity contribution >= 4 is 16.9 Å². The van der Waals surface area contributed by atoms with E-state index in [9.17, 15) is 9.59 Å². The highest BCUT2D eigenvalue weighted by Crippen LogP contribution is 2.37. The molecule has 2 fully saturated rings. The maximum absolute atomic E-state index is 12.8. The van der Waals surface area contributed by atoms with E-state index in [0.717, 1.165) is 5.52 Å². The number of carbonyl (C=O) groups excluding carboxylic acids is 1. The first-order chi connectivity index (χ1) is 10.6. The van der Waals surface area contributed by atoms with Crippen LogP contribution in [0.25, 0.3) is 11.0 Å². The summed E-state index contributed by atoms with van der Waals surface area (Å²) in [5.74, 6) is 0.622. The van der Waals surface area contributed by atoms with Crippen LogP contribution in [0, 0.1) is 5.92 Å². The number of carbonyl (C=O) groups is 1. The second kappa shape index (κ2) is 4.98. The molecular weight excluding hydrogens is 282 g/mol. The molecule has 1 saturated heterocycles. The molecule has 0 bridgehead atoms. The smallest absolute Gasteiger partial charge is 0.326 e. The average Bonchev–Trinajstić information content (AvgIpc) is 3.34. The van der Waals surface area contributed by atoms with Gasteiger partial charge >= 0.3 is 5.69 Å². The number of aromatic amines is 1. The Labute approximate surface area is 127 Å². The zero-order valence-electron chi connectivity index (χ0n) is 12.5. The standard InChI is InChI=1S/C16H19N3O3/c1-18-13-5-4-11(8-12(13)17-16(18)21)15(20)19-6-7-22-9-14(19)10-2-3-10/h4-5,8,10,14H,2-3,6-7,9H2,1H3,(H,17,21). The zero-order valence-corrected chi connectivity index (χ0v) is 12.5. The molecule has 0 radical (unpaired) electrons. The number of hydrogen-bond donors (Lipinski definition) is 1. The predicted molar refractivity (Wildman–Crippen MR) is 81.9 cm³/mol. The van der Waals surface area contributed by atoms with Gasteiger partial charge in [-0.3, -0.25) is 9.36 Å². The lowest BCUT2D eigenvalue weighted by molar-refractivity contribution is -0.00833. The van der Waals surface area contributed by atoms with E-state index in [2.05, 4.69) is 4.98 Å². The van der Waals surface area contributed by atoms with Crippen molar-refractivity contribution in [1.29, 1.82) is 0 Å². The number of nitrogens with zero attached hydrogens (tertiary/aromatic N) is 2. The van der Waals surface area contributed by atoms with E-state index in [1.54, 1.807) is 23.7 Å². The molecule has 1 aliphatic carbocycles. The third-order valence-corrected chi connectivity index (χ3v) is 4.74. The Morgan fingerprint density at radius 3 is 2.95 bits per heavy atom. The number of H-pyrrole nitrogens is 1. The van der Waals surface area contributed by atoms with Crippen LogP contribution in [0.3, 0.4) is 0 Å². The number of ether oxygens (including phenoxy) is 1. The van der Waals surface area contributed by atoms with Crippen molar-refractivity contribution in [2.75, 3.05) is 19.8 Å². The molecule has 1 atom stereocenters. The van der Waals surface area contributed by atoms with Crippen LogP contribution in [0.5, 0.6) is 0 Å². The molecule has 2 heterocycles. The van der Waals surface area contributed by atoms with Gasteiger partial charge in [-0.05, 0) is 37.0 Å². The van der Waals surface area contributed by atoms with Gasteiger partial charge in [0.05, 0.1) is 30.3 Å². The van der Waals surface area contributed by atoms with Gasteiger partial charge < -0.3 is 14.6 Å². The lowest BCUT2D eigenvalue weighted by Gasteiger charge is -2.36. The Balaban J connectivity index is 1.67. The number of aryl methyl sites for hydroxylation is 1. The van der Waals surface area contributed by atoms with Gasteiger partial charge in [-0.1, -0.05) is 0 Å². The van der Waals surface area contributed by atoms with Crippen LogP contribution in [0.15, 0.2) is 23.0 Å². The van der Waals surface area contributed by atoms with Gasteiger partial charge in [-0.25, -0.2) is 4.79 Å². The monoisotopic (exact) mass is 301 g/mol. The third-order valence-electron chi connectivity index (χ3n) is 4.74. The van der Waals surface area contributed by atoms with Crippen molar-refractivity contribution < 1.29 is 9.53 Å². The summed E-state index contributed by atoms with van der Waals surface area (Å²) in [7, 11) is 1.72. The summed E-state index contributed by atoms with van der Waals surface area (Å²) < 4.78 is 7.09. The zero-order chi connectivity index (χ0) is 15.3. The van der Waals surface area contributed by atoms with E-state index < -0.39 is 0 Å². The molecule has 1 aromatic carbocycles. The van der Waals surface area contributed by atoms with Crippen molar-refractivity contribution in [2.45, 2.75) is 18.9 Å². The van der Waals surface area contributed by atoms with E-state index in [4.69, 9.17) is 4.74 Å². The molecule has 1 aromatic heterocycles. The summed E-state index contributed by atoms with van der Waals surface area (Å²) in [5, 5.41) is 0. The van der Waals surface area contributed by atoms with Crippen molar-refractivity contribution in [3.05, 3.63) is 34.2 Å². The minimum absolute atomic E-state index is 0.0341. The molecule has 1 aliphatic heterocycles. The van der Waals surface area contributed by atoms with Gasteiger partial charge in [0.15, 0.2) is 0 Å². The second-order valence-electron chi connectivity index (χ2n) is 6.20. The molecule has 22 heavy (non-hydrogen) atoms. The molecule has 1 saturated carbocycles. The molecule has 6 nitrogen and oxygen atoms in total. The summed E-state index contributed by atoms with van der Waals surface area (Å²) in [5.41, 5.74) is 1.97. The molecule has 116 valence electrons. The summed E-state index contributed by atoms with van der Waals surface area (Å²) in [6.45, 7) is 1.88. The Kier molecular flexibility index (Phi) is 3.07. The third kappa shape index (κ3) is 2.14. The highest BCUT2D eigenvalue weighted by molar-refractivity contribution is 5.97. The van der Waals surface area contributed by atoms with Crippen LogP contribution in [-0.2, 0) is 11.8 Å². The van der Waals surface area contributed by atoms with Crippen LogP contribution < -0.4 is 5.69 Å². The highest BCUT2D eigenvalue weighted by Gasteiger charge is 2.39.